The SMILES string of the molecule is CCc1ccc(S(=O)(=O)N2CCN(Cc3ccccn3)CC2)s1. The highest BCUT2D eigenvalue weighted by Crippen LogP contribution is 2.26. The third kappa shape index (κ3) is 3.80. The van der Waals surface area contributed by atoms with Crippen LogP contribution in [0.3, 0.4) is 0 Å². The van der Waals surface area contributed by atoms with Gasteiger partial charge in [0.15, 0.2) is 0 Å². The second-order valence-electron chi connectivity index (χ2n) is 5.58. The Balaban J connectivity index is 1.62. The number of pyridine rings is 1. The van der Waals surface area contributed by atoms with Crippen molar-refractivity contribution in [3.05, 3.63) is 47.1 Å². The zero-order chi connectivity index (χ0) is 16.3. The topological polar surface area (TPSA) is 53.5 Å². The minimum absolute atomic E-state index is 0.465. The Morgan fingerprint density at radius 1 is 1.13 bits per heavy atom. The van der Waals surface area contributed by atoms with Gasteiger partial charge in [0.2, 0.25) is 0 Å². The summed E-state index contributed by atoms with van der Waals surface area (Å²) in [6, 6.07) is 9.53. The molecule has 1 aliphatic heterocycles. The lowest BCUT2D eigenvalue weighted by molar-refractivity contribution is 0.180. The number of sulfonamides is 1. The molecule has 0 unspecified atom stereocenters. The van der Waals surface area contributed by atoms with Gasteiger partial charge in [0.25, 0.3) is 10.0 Å². The summed E-state index contributed by atoms with van der Waals surface area (Å²) in [6.45, 7) is 5.36. The fourth-order valence-corrected chi connectivity index (χ4v) is 5.53. The molecule has 0 bridgehead atoms. The Labute approximate surface area is 141 Å². The third-order valence-corrected chi connectivity index (χ3v) is 7.62. The van der Waals surface area contributed by atoms with Crippen LogP contribution >= 0.6 is 11.3 Å². The van der Waals surface area contributed by atoms with Crippen LogP contribution in [0, 0.1) is 0 Å². The molecule has 2 aromatic rings. The third-order valence-electron chi connectivity index (χ3n) is 4.02. The van der Waals surface area contributed by atoms with Gasteiger partial charge >= 0.3 is 0 Å². The molecule has 3 heterocycles. The molecule has 0 aromatic carbocycles. The van der Waals surface area contributed by atoms with E-state index < -0.39 is 10.0 Å². The van der Waals surface area contributed by atoms with Gasteiger partial charge in [-0.3, -0.25) is 9.88 Å². The summed E-state index contributed by atoms with van der Waals surface area (Å²) >= 11 is 1.38. The Bertz CT molecular complexity index is 736. The van der Waals surface area contributed by atoms with E-state index in [4.69, 9.17) is 0 Å². The van der Waals surface area contributed by atoms with Gasteiger partial charge in [-0.1, -0.05) is 13.0 Å². The molecule has 1 aliphatic rings. The zero-order valence-electron chi connectivity index (χ0n) is 13.2. The van der Waals surface area contributed by atoms with E-state index >= 15 is 0 Å². The largest absolute Gasteiger partial charge is 0.295 e. The minimum atomic E-state index is -3.34. The molecule has 0 amide bonds. The van der Waals surface area contributed by atoms with Crippen molar-refractivity contribution in [2.75, 3.05) is 26.2 Å². The Morgan fingerprint density at radius 2 is 1.91 bits per heavy atom. The molecular weight excluding hydrogens is 330 g/mol. The molecule has 0 saturated carbocycles. The summed E-state index contributed by atoms with van der Waals surface area (Å²) in [5.41, 5.74) is 1.02. The van der Waals surface area contributed by atoms with Gasteiger partial charge in [-0.25, -0.2) is 8.42 Å². The van der Waals surface area contributed by atoms with E-state index in [-0.39, 0.29) is 0 Å². The Kier molecular flexibility index (Phi) is 5.11. The highest BCUT2D eigenvalue weighted by molar-refractivity contribution is 7.91. The van der Waals surface area contributed by atoms with Crippen molar-refractivity contribution >= 4 is 21.4 Å². The van der Waals surface area contributed by atoms with E-state index in [0.29, 0.717) is 17.3 Å². The van der Waals surface area contributed by atoms with Gasteiger partial charge in [-0.2, -0.15) is 4.31 Å². The summed E-state index contributed by atoms with van der Waals surface area (Å²) in [5, 5.41) is 0. The highest BCUT2D eigenvalue weighted by atomic mass is 32.2. The zero-order valence-corrected chi connectivity index (χ0v) is 14.8. The number of aryl methyl sites for hydroxylation is 1. The van der Waals surface area contributed by atoms with Gasteiger partial charge in [-0.15, -0.1) is 11.3 Å². The van der Waals surface area contributed by atoms with Crippen molar-refractivity contribution in [1.82, 2.24) is 14.2 Å². The predicted molar refractivity (Wildman–Crippen MR) is 92.0 cm³/mol. The maximum atomic E-state index is 12.7. The van der Waals surface area contributed by atoms with Crippen molar-refractivity contribution in [3.8, 4) is 0 Å². The first-order valence-electron chi connectivity index (χ1n) is 7.80. The number of aromatic nitrogens is 1. The normalized spacial score (nSPS) is 17.4. The van der Waals surface area contributed by atoms with Crippen LogP contribution in [0.2, 0.25) is 0 Å². The summed E-state index contributed by atoms with van der Waals surface area (Å²) in [5.74, 6) is 0. The molecule has 23 heavy (non-hydrogen) atoms. The average Bonchev–Trinajstić information content (AvgIpc) is 3.06. The Hall–Kier alpha value is -1.28. The predicted octanol–water partition coefficient (Wildman–Crippen LogP) is 2.21. The fraction of sp³-hybridized carbons (Fsp3) is 0.438. The monoisotopic (exact) mass is 351 g/mol. The molecular formula is C16H21N3O2S2. The van der Waals surface area contributed by atoms with Gasteiger partial charge in [0.05, 0.1) is 5.69 Å². The van der Waals surface area contributed by atoms with Crippen molar-refractivity contribution in [3.63, 3.8) is 0 Å². The minimum Gasteiger partial charge on any atom is -0.295 e. The quantitative estimate of drug-likeness (QED) is 0.829. The van der Waals surface area contributed by atoms with Crippen LogP contribution in [0.15, 0.2) is 40.7 Å². The van der Waals surface area contributed by atoms with Gasteiger partial charge in [0, 0.05) is 43.8 Å². The second kappa shape index (κ2) is 7.09. The molecule has 5 nitrogen and oxygen atoms in total. The first kappa shape index (κ1) is 16.6. The smallest absolute Gasteiger partial charge is 0.252 e. The van der Waals surface area contributed by atoms with Gasteiger partial charge in [0.1, 0.15) is 4.21 Å². The molecule has 0 radical (unpaired) electrons. The van der Waals surface area contributed by atoms with Crippen LogP contribution in [0.4, 0.5) is 0 Å². The first-order valence-corrected chi connectivity index (χ1v) is 10.1. The maximum Gasteiger partial charge on any atom is 0.252 e. The van der Waals surface area contributed by atoms with Gasteiger partial charge < -0.3 is 0 Å². The van der Waals surface area contributed by atoms with E-state index in [1.807, 2.05) is 31.2 Å². The summed E-state index contributed by atoms with van der Waals surface area (Å²) in [4.78, 5) is 7.69. The summed E-state index contributed by atoms with van der Waals surface area (Å²) < 4.78 is 27.4. The maximum absolute atomic E-state index is 12.7. The number of hydrogen-bond acceptors (Lipinski definition) is 5. The fourth-order valence-electron chi connectivity index (χ4n) is 2.66. The summed E-state index contributed by atoms with van der Waals surface area (Å²) in [6.07, 6.45) is 2.66. The summed E-state index contributed by atoms with van der Waals surface area (Å²) in [7, 11) is -3.34. The molecule has 2 aromatic heterocycles. The number of hydrogen-bond donors (Lipinski definition) is 0. The average molecular weight is 351 g/mol. The second-order valence-corrected chi connectivity index (χ2v) is 8.91. The van der Waals surface area contributed by atoms with Crippen LogP contribution in [-0.4, -0.2) is 48.8 Å². The number of nitrogens with zero attached hydrogens (tertiary/aromatic N) is 3. The van der Waals surface area contributed by atoms with Crippen molar-refractivity contribution in [1.29, 1.82) is 0 Å². The van der Waals surface area contributed by atoms with E-state index in [9.17, 15) is 8.42 Å². The van der Waals surface area contributed by atoms with E-state index in [1.54, 1.807) is 16.6 Å². The lowest BCUT2D eigenvalue weighted by Crippen LogP contribution is -2.48. The lowest BCUT2D eigenvalue weighted by Gasteiger charge is -2.33. The van der Waals surface area contributed by atoms with Gasteiger partial charge in [-0.05, 0) is 30.7 Å². The van der Waals surface area contributed by atoms with Crippen LogP contribution < -0.4 is 0 Å². The molecule has 0 spiro atoms. The Morgan fingerprint density at radius 3 is 2.52 bits per heavy atom. The van der Waals surface area contributed by atoms with Crippen LogP contribution in [-0.2, 0) is 23.0 Å². The molecule has 0 N–H and O–H groups in total. The van der Waals surface area contributed by atoms with Crippen LogP contribution in [0.5, 0.6) is 0 Å². The highest BCUT2D eigenvalue weighted by Gasteiger charge is 2.29. The number of thiophene rings is 1. The van der Waals surface area contributed by atoms with Crippen molar-refractivity contribution in [2.45, 2.75) is 24.1 Å². The molecule has 0 atom stereocenters. The van der Waals surface area contributed by atoms with Crippen LogP contribution in [0.25, 0.3) is 0 Å². The molecule has 1 saturated heterocycles. The standard InChI is InChI=1S/C16H21N3O2S2/c1-2-15-6-7-16(22-15)23(20,21)19-11-9-18(10-12-19)13-14-5-3-4-8-17-14/h3-8H,2,9-13H2,1H3. The van der Waals surface area contributed by atoms with E-state index in [0.717, 1.165) is 36.6 Å². The number of rotatable bonds is 5. The lowest BCUT2D eigenvalue weighted by atomic mass is 10.3. The first-order chi connectivity index (χ1) is 11.1. The van der Waals surface area contributed by atoms with Crippen molar-refractivity contribution < 1.29 is 8.42 Å². The van der Waals surface area contributed by atoms with Crippen molar-refractivity contribution in [2.24, 2.45) is 0 Å². The van der Waals surface area contributed by atoms with E-state index in [1.165, 1.54) is 11.3 Å². The molecule has 3 rings (SSSR count). The van der Waals surface area contributed by atoms with E-state index in [2.05, 4.69) is 9.88 Å². The molecule has 124 valence electrons. The number of piperazine rings is 1. The molecule has 1 fully saturated rings. The molecule has 7 heteroatoms. The molecule has 0 aliphatic carbocycles. The van der Waals surface area contributed by atoms with Crippen LogP contribution in [0.1, 0.15) is 17.5 Å².